The second-order valence-corrected chi connectivity index (χ2v) is 10.7. The number of anilines is 1. The molecule has 0 aromatic heterocycles. The highest BCUT2D eigenvalue weighted by atomic mass is 32.2. The molecule has 9 nitrogen and oxygen atoms in total. The monoisotopic (exact) mass is 516 g/mol. The minimum Gasteiger partial charge on any atom is -0.325 e. The predicted octanol–water partition coefficient (Wildman–Crippen LogP) is 1.25. The van der Waals surface area contributed by atoms with E-state index in [9.17, 15) is 32.2 Å². The van der Waals surface area contributed by atoms with E-state index in [1.165, 1.54) is 9.80 Å². The molecule has 1 aliphatic carbocycles. The second kappa shape index (κ2) is 8.77. The predicted molar refractivity (Wildman–Crippen MR) is 125 cm³/mol. The number of rotatable bonds is 4. The molecule has 1 unspecified atom stereocenters. The summed E-state index contributed by atoms with van der Waals surface area (Å²) in [5.41, 5.74) is 1.25. The minimum absolute atomic E-state index is 0.0445. The number of amides is 5. The SMILES string of the molecule is CN1C(=O)NC(=O)[C@]12Cc1ccc(NC(=O)CN3C(=O)CS(=O)C[C@H]3c3cc(F)cc(F)c3)cc1C2. The second-order valence-electron chi connectivity index (χ2n) is 9.23. The van der Waals surface area contributed by atoms with E-state index in [0.29, 0.717) is 24.6 Å². The molecular formula is C24H22F2N4O5S. The van der Waals surface area contributed by atoms with Crippen molar-refractivity contribution in [1.82, 2.24) is 15.1 Å². The summed E-state index contributed by atoms with van der Waals surface area (Å²) in [6, 6.07) is 6.60. The molecule has 1 spiro atoms. The van der Waals surface area contributed by atoms with Crippen LogP contribution in [0.4, 0.5) is 19.3 Å². The highest BCUT2D eigenvalue weighted by Crippen LogP contribution is 2.38. The summed E-state index contributed by atoms with van der Waals surface area (Å²) in [4.78, 5) is 52.5. The lowest BCUT2D eigenvalue weighted by molar-refractivity contribution is -0.135. The molecule has 188 valence electrons. The van der Waals surface area contributed by atoms with Crippen LogP contribution in [-0.2, 0) is 38.0 Å². The van der Waals surface area contributed by atoms with E-state index < -0.39 is 58.4 Å². The Labute approximate surface area is 207 Å². The van der Waals surface area contributed by atoms with Crippen molar-refractivity contribution in [2.45, 2.75) is 24.4 Å². The van der Waals surface area contributed by atoms with Crippen molar-refractivity contribution < 1.29 is 32.2 Å². The van der Waals surface area contributed by atoms with Crippen molar-refractivity contribution >= 4 is 40.2 Å². The Balaban J connectivity index is 1.32. The van der Waals surface area contributed by atoms with Gasteiger partial charge in [-0.3, -0.25) is 23.9 Å². The Morgan fingerprint density at radius 3 is 2.47 bits per heavy atom. The lowest BCUT2D eigenvalue weighted by atomic mass is 9.95. The summed E-state index contributed by atoms with van der Waals surface area (Å²) in [5.74, 6) is -3.46. The molecule has 2 aromatic carbocycles. The summed E-state index contributed by atoms with van der Waals surface area (Å²) in [6.07, 6.45) is 0.652. The molecule has 2 aliphatic heterocycles. The van der Waals surface area contributed by atoms with E-state index in [-0.39, 0.29) is 23.0 Å². The molecule has 5 amide bonds. The molecule has 2 saturated heterocycles. The van der Waals surface area contributed by atoms with Crippen LogP contribution in [-0.4, -0.2) is 68.4 Å². The summed E-state index contributed by atoms with van der Waals surface area (Å²) >= 11 is 0. The van der Waals surface area contributed by atoms with Gasteiger partial charge in [-0.05, 0) is 41.0 Å². The van der Waals surface area contributed by atoms with Gasteiger partial charge >= 0.3 is 6.03 Å². The summed E-state index contributed by atoms with van der Waals surface area (Å²) in [6.45, 7) is -0.403. The van der Waals surface area contributed by atoms with Crippen molar-refractivity contribution in [3.05, 3.63) is 64.7 Å². The Hall–Kier alpha value is -3.67. The fourth-order valence-corrected chi connectivity index (χ4v) is 6.38. The van der Waals surface area contributed by atoms with Crippen molar-refractivity contribution in [2.24, 2.45) is 0 Å². The van der Waals surface area contributed by atoms with Crippen LogP contribution < -0.4 is 10.6 Å². The molecule has 36 heavy (non-hydrogen) atoms. The van der Waals surface area contributed by atoms with Gasteiger partial charge in [0.15, 0.2) is 0 Å². The average Bonchev–Trinajstić information content (AvgIpc) is 3.27. The van der Waals surface area contributed by atoms with Gasteiger partial charge in [0, 0.05) is 48.2 Å². The fourth-order valence-electron chi connectivity index (χ4n) is 5.09. The normalized spacial score (nSPS) is 25.4. The van der Waals surface area contributed by atoms with Gasteiger partial charge in [0.1, 0.15) is 29.5 Å². The molecule has 2 fully saturated rings. The molecular weight excluding hydrogens is 494 g/mol. The van der Waals surface area contributed by atoms with Gasteiger partial charge in [-0.25, -0.2) is 13.6 Å². The van der Waals surface area contributed by atoms with E-state index in [1.54, 1.807) is 25.2 Å². The maximum atomic E-state index is 13.8. The van der Waals surface area contributed by atoms with Crippen LogP contribution >= 0.6 is 0 Å². The number of nitrogens with zero attached hydrogens (tertiary/aromatic N) is 2. The van der Waals surface area contributed by atoms with Crippen molar-refractivity contribution in [1.29, 1.82) is 0 Å². The fraction of sp³-hybridized carbons (Fsp3) is 0.333. The van der Waals surface area contributed by atoms with E-state index >= 15 is 0 Å². The number of fused-ring (bicyclic) bond motifs is 1. The number of carbonyl (C=O) groups is 4. The highest BCUT2D eigenvalue weighted by Gasteiger charge is 2.54. The smallest absolute Gasteiger partial charge is 0.324 e. The van der Waals surface area contributed by atoms with E-state index in [0.717, 1.165) is 23.3 Å². The molecule has 2 heterocycles. The standard InChI is InChI=1S/C24H22F2N4O5S/c1-29-23(34)28-22(33)24(29)8-13-2-3-18(6-15(13)9-24)27-20(31)10-30-19(11-36(35)12-21(30)32)14-4-16(25)7-17(26)5-14/h2-7,19H,8-12H2,1H3,(H,27,31)(H,28,33,34)/t19-,24+,36?/m0/s1. The van der Waals surface area contributed by atoms with E-state index in [4.69, 9.17) is 0 Å². The quantitative estimate of drug-likeness (QED) is 0.594. The van der Waals surface area contributed by atoms with Crippen LogP contribution in [0, 0.1) is 11.6 Å². The Morgan fingerprint density at radius 1 is 1.11 bits per heavy atom. The topological polar surface area (TPSA) is 116 Å². The number of benzene rings is 2. The average molecular weight is 517 g/mol. The molecule has 0 bridgehead atoms. The third-order valence-corrected chi connectivity index (χ3v) is 8.21. The van der Waals surface area contributed by atoms with Gasteiger partial charge in [0.2, 0.25) is 11.8 Å². The number of carbonyl (C=O) groups excluding carboxylic acids is 4. The summed E-state index contributed by atoms with van der Waals surface area (Å²) in [5, 5.41) is 5.05. The molecule has 0 radical (unpaired) electrons. The van der Waals surface area contributed by atoms with Crippen LogP contribution in [0.15, 0.2) is 36.4 Å². The Bertz CT molecular complexity index is 1330. The zero-order valence-electron chi connectivity index (χ0n) is 19.2. The van der Waals surface area contributed by atoms with Gasteiger partial charge in [-0.1, -0.05) is 6.07 Å². The summed E-state index contributed by atoms with van der Waals surface area (Å²) < 4.78 is 39.7. The number of hydrogen-bond donors (Lipinski definition) is 2. The van der Waals surface area contributed by atoms with Gasteiger partial charge < -0.3 is 15.1 Å². The van der Waals surface area contributed by atoms with Crippen LogP contribution in [0.5, 0.6) is 0 Å². The van der Waals surface area contributed by atoms with Gasteiger partial charge in [0.05, 0.1) is 6.04 Å². The van der Waals surface area contributed by atoms with E-state index in [2.05, 4.69) is 10.6 Å². The molecule has 2 aromatic rings. The van der Waals surface area contributed by atoms with Crippen molar-refractivity contribution in [2.75, 3.05) is 30.4 Å². The lowest BCUT2D eigenvalue weighted by Crippen LogP contribution is -2.48. The zero-order chi connectivity index (χ0) is 25.8. The first-order valence-corrected chi connectivity index (χ1v) is 12.7. The van der Waals surface area contributed by atoms with Crippen LogP contribution in [0.1, 0.15) is 22.7 Å². The molecule has 3 aliphatic rings. The first-order valence-electron chi connectivity index (χ1n) is 11.2. The summed E-state index contributed by atoms with van der Waals surface area (Å²) in [7, 11) is 0.0390. The zero-order valence-corrected chi connectivity index (χ0v) is 20.0. The highest BCUT2D eigenvalue weighted by molar-refractivity contribution is 7.85. The van der Waals surface area contributed by atoms with Crippen LogP contribution in [0.2, 0.25) is 0 Å². The first-order chi connectivity index (χ1) is 17.1. The molecule has 5 rings (SSSR count). The third kappa shape index (κ3) is 4.15. The number of imide groups is 1. The maximum absolute atomic E-state index is 13.8. The number of halogens is 2. The molecule has 0 saturated carbocycles. The number of likely N-dealkylation sites (N-methyl/N-ethyl adjacent to an activating group) is 1. The molecule has 12 heteroatoms. The van der Waals surface area contributed by atoms with E-state index in [1.807, 2.05) is 0 Å². The van der Waals surface area contributed by atoms with Crippen LogP contribution in [0.3, 0.4) is 0 Å². The lowest BCUT2D eigenvalue weighted by Gasteiger charge is -2.35. The first kappa shape index (κ1) is 24.0. The number of hydrogen-bond acceptors (Lipinski definition) is 5. The van der Waals surface area contributed by atoms with Gasteiger partial charge in [0.25, 0.3) is 5.91 Å². The number of urea groups is 1. The minimum atomic E-state index is -1.53. The Morgan fingerprint density at radius 2 is 1.81 bits per heavy atom. The Kier molecular flexibility index (Phi) is 5.86. The van der Waals surface area contributed by atoms with Gasteiger partial charge in [-0.15, -0.1) is 0 Å². The third-order valence-electron chi connectivity index (χ3n) is 6.95. The number of nitrogens with one attached hydrogen (secondary N) is 2. The largest absolute Gasteiger partial charge is 0.325 e. The van der Waals surface area contributed by atoms with Gasteiger partial charge in [-0.2, -0.15) is 0 Å². The molecule has 3 atom stereocenters. The maximum Gasteiger partial charge on any atom is 0.324 e. The van der Waals surface area contributed by atoms with Crippen LogP contribution in [0.25, 0.3) is 0 Å². The van der Waals surface area contributed by atoms with Crippen molar-refractivity contribution in [3.63, 3.8) is 0 Å². The molecule has 2 N–H and O–H groups in total. The van der Waals surface area contributed by atoms with Crippen molar-refractivity contribution in [3.8, 4) is 0 Å².